The van der Waals surface area contributed by atoms with E-state index in [1.54, 1.807) is 4.90 Å². The second-order valence-electron chi connectivity index (χ2n) is 8.08. The lowest BCUT2D eigenvalue weighted by molar-refractivity contribution is -0.122. The van der Waals surface area contributed by atoms with Crippen LogP contribution in [0.4, 0.5) is 5.69 Å². The number of fused-ring (bicyclic) bond motifs is 1. The van der Waals surface area contributed by atoms with E-state index in [1.807, 2.05) is 24.3 Å². The lowest BCUT2D eigenvalue weighted by Gasteiger charge is -2.29. The van der Waals surface area contributed by atoms with Gasteiger partial charge >= 0.3 is 0 Å². The fourth-order valence-corrected chi connectivity index (χ4v) is 4.22. The summed E-state index contributed by atoms with van der Waals surface area (Å²) in [6.07, 6.45) is 14.1. The van der Waals surface area contributed by atoms with Crippen molar-refractivity contribution in [1.29, 1.82) is 0 Å². The highest BCUT2D eigenvalue weighted by atomic mass is 16.5. The molecule has 1 aromatic carbocycles. The maximum atomic E-state index is 12.6. The van der Waals surface area contributed by atoms with Crippen molar-refractivity contribution in [2.24, 2.45) is 0 Å². The lowest BCUT2D eigenvalue weighted by atomic mass is 9.98. The molecule has 154 valence electrons. The van der Waals surface area contributed by atoms with Crippen LogP contribution in [0.2, 0.25) is 0 Å². The Morgan fingerprint density at radius 2 is 1.57 bits per heavy atom. The number of hydrogen-bond donors (Lipinski definition) is 1. The van der Waals surface area contributed by atoms with Gasteiger partial charge in [-0.15, -0.1) is 0 Å². The van der Waals surface area contributed by atoms with Crippen molar-refractivity contribution in [2.45, 2.75) is 83.1 Å². The largest absolute Gasteiger partial charge is 0.482 e. The summed E-state index contributed by atoms with van der Waals surface area (Å²) in [7, 11) is 0. The summed E-state index contributed by atoms with van der Waals surface area (Å²) in [6, 6.07) is 7.79. The fourth-order valence-electron chi connectivity index (χ4n) is 4.22. The molecule has 0 atom stereocenters. The summed E-state index contributed by atoms with van der Waals surface area (Å²) in [6.45, 7) is 0.443. The number of hydrogen-bond acceptors (Lipinski definition) is 3. The van der Waals surface area contributed by atoms with Crippen molar-refractivity contribution in [2.75, 3.05) is 18.1 Å². The van der Waals surface area contributed by atoms with Gasteiger partial charge in [0.05, 0.1) is 5.69 Å². The van der Waals surface area contributed by atoms with E-state index in [9.17, 15) is 9.59 Å². The molecule has 1 fully saturated rings. The number of benzene rings is 1. The highest BCUT2D eigenvalue weighted by Crippen LogP contribution is 2.31. The van der Waals surface area contributed by atoms with Crippen LogP contribution in [-0.2, 0) is 9.59 Å². The van der Waals surface area contributed by atoms with Crippen LogP contribution in [0.1, 0.15) is 77.0 Å². The molecule has 1 N–H and O–H groups in total. The van der Waals surface area contributed by atoms with Crippen molar-refractivity contribution in [3.63, 3.8) is 0 Å². The number of nitrogens with zero attached hydrogens (tertiary/aromatic N) is 1. The fraction of sp³-hybridized carbons (Fsp3) is 0.652. The summed E-state index contributed by atoms with van der Waals surface area (Å²) in [5.41, 5.74) is 0.762. The number of carbonyl (C=O) groups excluding carboxylic acids is 2. The van der Waals surface area contributed by atoms with Crippen molar-refractivity contribution in [3.05, 3.63) is 24.3 Å². The first-order chi connectivity index (χ1) is 13.7. The van der Waals surface area contributed by atoms with Gasteiger partial charge in [0.2, 0.25) is 5.91 Å². The van der Waals surface area contributed by atoms with Gasteiger partial charge in [-0.05, 0) is 25.0 Å². The zero-order valence-electron chi connectivity index (χ0n) is 17.0. The number of rotatable bonds is 4. The Balaban J connectivity index is 1.49. The van der Waals surface area contributed by atoms with Crippen LogP contribution in [0.5, 0.6) is 5.75 Å². The van der Waals surface area contributed by atoms with Crippen LogP contribution < -0.4 is 15.0 Å². The van der Waals surface area contributed by atoms with Gasteiger partial charge in [-0.3, -0.25) is 9.59 Å². The van der Waals surface area contributed by atoms with Crippen LogP contribution in [0.3, 0.4) is 0 Å². The highest BCUT2D eigenvalue weighted by Gasteiger charge is 2.25. The zero-order valence-corrected chi connectivity index (χ0v) is 17.0. The number of para-hydroxylation sites is 2. The van der Waals surface area contributed by atoms with Gasteiger partial charge < -0.3 is 15.0 Å². The SMILES string of the molecule is O=C(CCN1C(=O)COc2ccccc21)NC1CCCCCCCCCCC1. The molecule has 5 heteroatoms. The van der Waals surface area contributed by atoms with E-state index in [4.69, 9.17) is 4.74 Å². The molecule has 1 aliphatic heterocycles. The summed E-state index contributed by atoms with van der Waals surface area (Å²) in [4.78, 5) is 26.5. The van der Waals surface area contributed by atoms with Gasteiger partial charge in [0.1, 0.15) is 5.75 Å². The Labute approximate surface area is 168 Å². The first kappa shape index (κ1) is 20.7. The third-order valence-corrected chi connectivity index (χ3v) is 5.84. The second kappa shape index (κ2) is 11.1. The van der Waals surface area contributed by atoms with Crippen LogP contribution >= 0.6 is 0 Å². The standard InChI is InChI=1S/C23H34N2O3/c26-22(24-19-12-8-6-4-2-1-3-5-7-9-13-19)16-17-25-20-14-10-11-15-21(20)28-18-23(25)27/h10-11,14-15,19H,1-9,12-13,16-18H2,(H,24,26). The molecule has 2 aliphatic rings. The summed E-state index contributed by atoms with van der Waals surface area (Å²) in [5, 5.41) is 3.24. The average molecular weight is 387 g/mol. The van der Waals surface area contributed by atoms with Crippen molar-refractivity contribution in [1.82, 2.24) is 5.32 Å². The normalized spacial score (nSPS) is 19.7. The van der Waals surface area contributed by atoms with Crippen LogP contribution in [0, 0.1) is 0 Å². The first-order valence-electron chi connectivity index (χ1n) is 11.1. The van der Waals surface area contributed by atoms with Gasteiger partial charge in [0.15, 0.2) is 6.61 Å². The van der Waals surface area contributed by atoms with E-state index >= 15 is 0 Å². The molecule has 1 saturated carbocycles. The average Bonchev–Trinajstić information content (AvgIpc) is 2.69. The molecule has 1 aliphatic carbocycles. The monoisotopic (exact) mass is 386 g/mol. The Kier molecular flexibility index (Phi) is 8.19. The Bertz CT molecular complexity index is 634. The third-order valence-electron chi connectivity index (χ3n) is 5.84. The molecule has 5 nitrogen and oxygen atoms in total. The lowest BCUT2D eigenvalue weighted by Crippen LogP contribution is -2.42. The maximum absolute atomic E-state index is 12.6. The van der Waals surface area contributed by atoms with E-state index in [1.165, 1.54) is 57.8 Å². The minimum atomic E-state index is -0.0856. The predicted octanol–water partition coefficient (Wildman–Crippen LogP) is 4.59. The first-order valence-corrected chi connectivity index (χ1v) is 11.1. The summed E-state index contributed by atoms with van der Waals surface area (Å²) >= 11 is 0. The molecule has 2 amide bonds. The Morgan fingerprint density at radius 1 is 0.964 bits per heavy atom. The van der Waals surface area contributed by atoms with Gasteiger partial charge in [-0.1, -0.05) is 69.9 Å². The molecule has 0 bridgehead atoms. The zero-order chi connectivity index (χ0) is 19.6. The Morgan fingerprint density at radius 3 is 2.25 bits per heavy atom. The van der Waals surface area contributed by atoms with E-state index in [2.05, 4.69) is 5.32 Å². The van der Waals surface area contributed by atoms with Crippen molar-refractivity contribution >= 4 is 17.5 Å². The molecule has 0 aromatic heterocycles. The van der Waals surface area contributed by atoms with Crippen LogP contribution in [-0.4, -0.2) is 31.0 Å². The number of amides is 2. The van der Waals surface area contributed by atoms with E-state index < -0.39 is 0 Å². The van der Waals surface area contributed by atoms with Gasteiger partial charge in [0, 0.05) is 19.0 Å². The third kappa shape index (κ3) is 6.25. The highest BCUT2D eigenvalue weighted by molar-refractivity contribution is 5.98. The van der Waals surface area contributed by atoms with Gasteiger partial charge in [-0.2, -0.15) is 0 Å². The Hall–Kier alpha value is -2.04. The van der Waals surface area contributed by atoms with E-state index in [-0.39, 0.29) is 24.5 Å². The topological polar surface area (TPSA) is 58.6 Å². The smallest absolute Gasteiger partial charge is 0.265 e. The number of carbonyl (C=O) groups is 2. The molecule has 1 heterocycles. The molecule has 0 spiro atoms. The number of nitrogens with one attached hydrogen (secondary N) is 1. The quantitative estimate of drug-likeness (QED) is 0.823. The molecule has 28 heavy (non-hydrogen) atoms. The van der Waals surface area contributed by atoms with Gasteiger partial charge in [-0.25, -0.2) is 0 Å². The molecule has 0 unspecified atom stereocenters. The molecular weight excluding hydrogens is 352 g/mol. The van der Waals surface area contributed by atoms with E-state index in [0.29, 0.717) is 18.7 Å². The summed E-state index contributed by atoms with van der Waals surface area (Å²) < 4.78 is 5.47. The van der Waals surface area contributed by atoms with Crippen LogP contribution in [0.15, 0.2) is 24.3 Å². The molecule has 3 rings (SSSR count). The molecule has 0 radical (unpaired) electrons. The minimum Gasteiger partial charge on any atom is -0.482 e. The predicted molar refractivity (Wildman–Crippen MR) is 112 cm³/mol. The van der Waals surface area contributed by atoms with Crippen molar-refractivity contribution < 1.29 is 14.3 Å². The van der Waals surface area contributed by atoms with Crippen LogP contribution in [0.25, 0.3) is 0 Å². The van der Waals surface area contributed by atoms with E-state index in [0.717, 1.165) is 18.5 Å². The molecular formula is C23H34N2O3. The summed E-state index contributed by atoms with van der Waals surface area (Å²) in [5.74, 6) is 0.674. The second-order valence-corrected chi connectivity index (χ2v) is 8.08. The van der Waals surface area contributed by atoms with Gasteiger partial charge in [0.25, 0.3) is 5.91 Å². The number of ether oxygens (including phenoxy) is 1. The van der Waals surface area contributed by atoms with Crippen molar-refractivity contribution in [3.8, 4) is 5.75 Å². The molecule has 0 saturated heterocycles. The minimum absolute atomic E-state index is 0.0429. The maximum Gasteiger partial charge on any atom is 0.265 e. The number of anilines is 1. The molecule has 1 aromatic rings.